The quantitative estimate of drug-likeness (QED) is 0.796. The second-order valence-electron chi connectivity index (χ2n) is 5.37. The molecule has 0 spiro atoms. The van der Waals surface area contributed by atoms with Gasteiger partial charge in [0.2, 0.25) is 0 Å². The Bertz CT molecular complexity index is 726. The molecule has 0 fully saturated rings. The molecule has 1 N–H and O–H groups in total. The van der Waals surface area contributed by atoms with E-state index in [1.54, 1.807) is 0 Å². The fourth-order valence-electron chi connectivity index (χ4n) is 3.10. The van der Waals surface area contributed by atoms with Crippen molar-refractivity contribution >= 4 is 0 Å². The number of hydrogen-bond acceptors (Lipinski definition) is 3. The minimum Gasteiger partial charge on any atom is -0.279 e. The van der Waals surface area contributed by atoms with Crippen LogP contribution in [0, 0.1) is 36.5 Å². The van der Waals surface area contributed by atoms with Crippen molar-refractivity contribution in [2.45, 2.75) is 25.9 Å². The van der Waals surface area contributed by atoms with Crippen molar-refractivity contribution in [3.8, 4) is 23.3 Å². The van der Waals surface area contributed by atoms with Crippen molar-refractivity contribution in [3.63, 3.8) is 0 Å². The molecule has 0 unspecified atom stereocenters. The topological polar surface area (TPSA) is 59.6 Å². The summed E-state index contributed by atoms with van der Waals surface area (Å²) in [5, 5.41) is 22.1. The van der Waals surface area contributed by atoms with E-state index in [2.05, 4.69) is 43.4 Å². The van der Waals surface area contributed by atoms with Crippen molar-refractivity contribution < 1.29 is 0 Å². The van der Waals surface area contributed by atoms with Crippen molar-refractivity contribution in [1.29, 1.82) is 10.5 Å². The Morgan fingerprint density at radius 2 is 1.24 bits per heavy atom. The largest absolute Gasteiger partial charge is 0.279 e. The van der Waals surface area contributed by atoms with Gasteiger partial charge in [0.15, 0.2) is 0 Å². The fourth-order valence-corrected chi connectivity index (χ4v) is 3.10. The summed E-state index contributed by atoms with van der Waals surface area (Å²) in [5.41, 5.74) is 6.33. The number of nitriles is 2. The number of rotatable bonds is 0. The van der Waals surface area contributed by atoms with Gasteiger partial charge in [-0.15, -0.1) is 0 Å². The highest BCUT2D eigenvalue weighted by Crippen LogP contribution is 2.41. The average Bonchev–Trinajstić information content (AvgIpc) is 2.63. The maximum absolute atomic E-state index is 9.49. The summed E-state index contributed by atoms with van der Waals surface area (Å²) in [4.78, 5) is 0. The standard InChI is InChI=1S/C18H15N3/c1-11-5-3-7-13-15(9-19)21-16(10-20)14-8-4-6-12(2)18(14)17(11)13/h3-8,15-16,21H,1-2H3/t15-,16-/m0/s1. The van der Waals surface area contributed by atoms with Crippen molar-refractivity contribution in [1.82, 2.24) is 5.32 Å². The van der Waals surface area contributed by atoms with Gasteiger partial charge < -0.3 is 0 Å². The molecule has 0 aliphatic carbocycles. The molecular formula is C18H15N3. The van der Waals surface area contributed by atoms with Gasteiger partial charge in [-0.1, -0.05) is 36.4 Å². The van der Waals surface area contributed by atoms with E-state index in [0.717, 1.165) is 33.4 Å². The van der Waals surface area contributed by atoms with E-state index in [9.17, 15) is 10.5 Å². The normalized spacial score (nSPS) is 19.6. The molecule has 102 valence electrons. The maximum Gasteiger partial charge on any atom is 0.123 e. The van der Waals surface area contributed by atoms with Crippen LogP contribution in [0.3, 0.4) is 0 Å². The Kier molecular flexibility index (Phi) is 3.22. The van der Waals surface area contributed by atoms with Crippen LogP contribution in [-0.4, -0.2) is 0 Å². The average molecular weight is 273 g/mol. The van der Waals surface area contributed by atoms with Crippen LogP contribution in [0.4, 0.5) is 0 Å². The number of aryl methyl sites for hydroxylation is 2. The lowest BCUT2D eigenvalue weighted by molar-refractivity contribution is 0.588. The third-order valence-corrected chi connectivity index (χ3v) is 4.07. The van der Waals surface area contributed by atoms with E-state index >= 15 is 0 Å². The second-order valence-corrected chi connectivity index (χ2v) is 5.37. The first-order chi connectivity index (χ1) is 10.2. The molecule has 0 bridgehead atoms. The van der Waals surface area contributed by atoms with Gasteiger partial charge >= 0.3 is 0 Å². The highest BCUT2D eigenvalue weighted by Gasteiger charge is 2.29. The molecule has 0 radical (unpaired) electrons. The third kappa shape index (κ3) is 2.00. The van der Waals surface area contributed by atoms with Gasteiger partial charge in [0.25, 0.3) is 0 Å². The zero-order valence-electron chi connectivity index (χ0n) is 12.0. The van der Waals surface area contributed by atoms with Gasteiger partial charge in [-0.2, -0.15) is 10.5 Å². The first-order valence-corrected chi connectivity index (χ1v) is 6.92. The second kappa shape index (κ2) is 5.05. The van der Waals surface area contributed by atoms with Crippen LogP contribution in [0.1, 0.15) is 34.3 Å². The van der Waals surface area contributed by atoms with Crippen molar-refractivity contribution in [2.75, 3.05) is 0 Å². The Hall–Kier alpha value is -2.62. The van der Waals surface area contributed by atoms with Gasteiger partial charge in [0.1, 0.15) is 12.1 Å². The van der Waals surface area contributed by atoms with Crippen molar-refractivity contribution in [2.24, 2.45) is 0 Å². The summed E-state index contributed by atoms with van der Waals surface area (Å²) in [6.07, 6.45) is 0. The first kappa shape index (κ1) is 13.4. The summed E-state index contributed by atoms with van der Waals surface area (Å²) < 4.78 is 0. The minimum absolute atomic E-state index is 0.476. The highest BCUT2D eigenvalue weighted by molar-refractivity contribution is 5.79. The lowest BCUT2D eigenvalue weighted by Gasteiger charge is -2.16. The SMILES string of the molecule is Cc1cccc2c1-c1c(C)cccc1[C@H](C#N)N[C@H]2C#N. The zero-order valence-corrected chi connectivity index (χ0v) is 12.0. The van der Waals surface area contributed by atoms with Crippen molar-refractivity contribution in [3.05, 3.63) is 58.7 Å². The van der Waals surface area contributed by atoms with Crippen LogP contribution in [-0.2, 0) is 0 Å². The van der Waals surface area contributed by atoms with Gasteiger partial charge in [-0.3, -0.25) is 5.32 Å². The third-order valence-electron chi connectivity index (χ3n) is 4.07. The summed E-state index contributed by atoms with van der Waals surface area (Å²) >= 11 is 0. The molecular weight excluding hydrogens is 258 g/mol. The molecule has 2 aromatic rings. The number of nitrogens with one attached hydrogen (secondary N) is 1. The molecule has 0 amide bonds. The maximum atomic E-state index is 9.49. The molecule has 3 heteroatoms. The predicted molar refractivity (Wildman–Crippen MR) is 81.2 cm³/mol. The summed E-state index contributed by atoms with van der Waals surface area (Å²) in [5.74, 6) is 0. The number of hydrogen-bond donors (Lipinski definition) is 1. The molecule has 2 aromatic carbocycles. The van der Waals surface area contributed by atoms with Crippen LogP contribution in [0.25, 0.3) is 11.1 Å². The predicted octanol–water partition coefficient (Wildman–Crippen LogP) is 3.70. The molecule has 1 aliphatic rings. The number of nitrogens with zero attached hydrogens (tertiary/aromatic N) is 2. The van der Waals surface area contributed by atoms with Crippen LogP contribution in [0.2, 0.25) is 0 Å². The number of benzene rings is 2. The lowest BCUT2D eigenvalue weighted by atomic mass is 9.87. The van der Waals surface area contributed by atoms with E-state index in [1.807, 2.05) is 24.3 Å². The van der Waals surface area contributed by atoms with Crippen LogP contribution < -0.4 is 5.32 Å². The first-order valence-electron chi connectivity index (χ1n) is 6.92. The van der Waals surface area contributed by atoms with Crippen LogP contribution >= 0.6 is 0 Å². The minimum atomic E-state index is -0.476. The summed E-state index contributed by atoms with van der Waals surface area (Å²) in [7, 11) is 0. The molecule has 3 nitrogen and oxygen atoms in total. The molecule has 1 aliphatic heterocycles. The lowest BCUT2D eigenvalue weighted by Crippen LogP contribution is -2.23. The molecule has 0 aromatic heterocycles. The van der Waals surface area contributed by atoms with Gasteiger partial charge in [0.05, 0.1) is 12.1 Å². The van der Waals surface area contributed by atoms with Gasteiger partial charge in [0, 0.05) is 0 Å². The van der Waals surface area contributed by atoms with Crippen LogP contribution in [0.15, 0.2) is 36.4 Å². The molecule has 3 rings (SSSR count). The smallest absolute Gasteiger partial charge is 0.123 e. The van der Waals surface area contributed by atoms with Crippen LogP contribution in [0.5, 0.6) is 0 Å². The zero-order chi connectivity index (χ0) is 15.0. The fraction of sp³-hybridized carbons (Fsp3) is 0.222. The number of fused-ring (bicyclic) bond motifs is 3. The molecule has 1 heterocycles. The highest BCUT2D eigenvalue weighted by atomic mass is 15.0. The molecule has 0 saturated heterocycles. The van der Waals surface area contributed by atoms with E-state index in [-0.39, 0.29) is 0 Å². The van der Waals surface area contributed by atoms with Gasteiger partial charge in [-0.25, -0.2) is 0 Å². The Balaban J connectivity index is 2.43. The van der Waals surface area contributed by atoms with E-state index < -0.39 is 12.1 Å². The van der Waals surface area contributed by atoms with E-state index in [4.69, 9.17) is 0 Å². The Labute approximate surface area is 124 Å². The molecule has 2 atom stereocenters. The Morgan fingerprint density at radius 1 is 0.810 bits per heavy atom. The monoisotopic (exact) mass is 273 g/mol. The van der Waals surface area contributed by atoms with E-state index in [1.165, 1.54) is 0 Å². The van der Waals surface area contributed by atoms with Gasteiger partial charge in [-0.05, 0) is 47.2 Å². The summed E-state index contributed by atoms with van der Waals surface area (Å²) in [6, 6.07) is 15.6. The Morgan fingerprint density at radius 3 is 1.62 bits per heavy atom. The molecule has 21 heavy (non-hydrogen) atoms. The molecule has 0 saturated carbocycles. The summed E-state index contributed by atoms with van der Waals surface area (Å²) in [6.45, 7) is 4.10. The van der Waals surface area contributed by atoms with E-state index in [0.29, 0.717) is 0 Å².